The van der Waals surface area contributed by atoms with Gasteiger partial charge in [0.15, 0.2) is 0 Å². The molecule has 22 heavy (non-hydrogen) atoms. The molecule has 0 bridgehead atoms. The minimum atomic E-state index is -0.266. The van der Waals surface area contributed by atoms with E-state index in [1.165, 1.54) is 11.2 Å². The Labute approximate surface area is 131 Å². The first-order valence-corrected chi connectivity index (χ1v) is 7.90. The van der Waals surface area contributed by atoms with Gasteiger partial charge in [0.2, 0.25) is 5.91 Å². The van der Waals surface area contributed by atoms with E-state index in [-0.39, 0.29) is 11.5 Å². The average molecular weight is 313 g/mol. The van der Waals surface area contributed by atoms with Crippen LogP contribution in [0.1, 0.15) is 17.7 Å². The van der Waals surface area contributed by atoms with Gasteiger partial charge in [-0.05, 0) is 36.4 Å². The van der Waals surface area contributed by atoms with Crippen LogP contribution >= 0.6 is 11.3 Å². The number of carbonyl (C=O) groups excluding carboxylic acids is 1. The molecule has 3 aromatic rings. The molecule has 0 unspecified atom stereocenters. The molecule has 112 valence electrons. The molecule has 3 rings (SSSR count). The molecule has 1 aromatic carbocycles. The van der Waals surface area contributed by atoms with E-state index in [0.717, 1.165) is 17.5 Å². The van der Waals surface area contributed by atoms with Crippen molar-refractivity contribution in [3.05, 3.63) is 63.3 Å². The van der Waals surface area contributed by atoms with Gasteiger partial charge >= 0.3 is 0 Å². The summed E-state index contributed by atoms with van der Waals surface area (Å²) in [7, 11) is 0. The van der Waals surface area contributed by atoms with Crippen LogP contribution in [0.2, 0.25) is 0 Å². The number of fused-ring (bicyclic) bond motifs is 1. The number of benzene rings is 1. The minimum absolute atomic E-state index is 0.185. The van der Waals surface area contributed by atoms with Gasteiger partial charge in [0.05, 0.1) is 10.9 Å². The van der Waals surface area contributed by atoms with E-state index in [1.807, 2.05) is 17.5 Å². The Kier molecular flexibility index (Phi) is 4.29. The molecule has 0 aliphatic rings. The van der Waals surface area contributed by atoms with Crippen LogP contribution in [0.3, 0.4) is 0 Å². The van der Waals surface area contributed by atoms with Crippen molar-refractivity contribution in [2.45, 2.75) is 19.3 Å². The molecule has 0 saturated heterocycles. The summed E-state index contributed by atoms with van der Waals surface area (Å²) in [6.45, 7) is 0. The zero-order valence-corrected chi connectivity index (χ0v) is 12.7. The van der Waals surface area contributed by atoms with Gasteiger partial charge in [0.25, 0.3) is 5.56 Å². The molecule has 0 spiro atoms. The summed E-state index contributed by atoms with van der Waals surface area (Å²) in [5.74, 6) is -0.185. The SMILES string of the molecule is O=C(CCCc1cccs1)Nn1cnc2ccccc2c1=O. The van der Waals surface area contributed by atoms with Crippen LogP contribution in [0.5, 0.6) is 0 Å². The molecule has 0 atom stereocenters. The molecule has 0 saturated carbocycles. The Morgan fingerprint density at radius 1 is 1.23 bits per heavy atom. The van der Waals surface area contributed by atoms with Crippen LogP contribution in [0.25, 0.3) is 10.9 Å². The Hall–Kier alpha value is -2.47. The number of amides is 1. The van der Waals surface area contributed by atoms with Gasteiger partial charge in [-0.3, -0.25) is 15.0 Å². The summed E-state index contributed by atoms with van der Waals surface area (Å²) in [4.78, 5) is 29.6. The highest BCUT2D eigenvalue weighted by molar-refractivity contribution is 7.09. The van der Waals surface area contributed by atoms with E-state index in [1.54, 1.807) is 29.5 Å². The molecule has 0 aliphatic carbocycles. The number of rotatable bonds is 5. The number of aromatic nitrogens is 2. The topological polar surface area (TPSA) is 64.0 Å². The van der Waals surface area contributed by atoms with Gasteiger partial charge in [-0.25, -0.2) is 9.66 Å². The minimum Gasteiger partial charge on any atom is -0.273 e. The molecule has 5 nitrogen and oxygen atoms in total. The third kappa shape index (κ3) is 3.23. The molecule has 0 aliphatic heterocycles. The summed E-state index contributed by atoms with van der Waals surface area (Å²) < 4.78 is 1.15. The van der Waals surface area contributed by atoms with Crippen molar-refractivity contribution in [1.29, 1.82) is 0 Å². The van der Waals surface area contributed by atoms with E-state index < -0.39 is 0 Å². The monoisotopic (exact) mass is 313 g/mol. The molecular formula is C16H15N3O2S. The van der Waals surface area contributed by atoms with Crippen molar-refractivity contribution in [2.24, 2.45) is 0 Å². The molecule has 0 radical (unpaired) electrons. The number of hydrogen-bond donors (Lipinski definition) is 1. The van der Waals surface area contributed by atoms with Gasteiger partial charge in [0, 0.05) is 11.3 Å². The normalized spacial score (nSPS) is 10.7. The maximum Gasteiger partial charge on any atom is 0.280 e. The van der Waals surface area contributed by atoms with E-state index in [4.69, 9.17) is 0 Å². The van der Waals surface area contributed by atoms with Gasteiger partial charge < -0.3 is 0 Å². The van der Waals surface area contributed by atoms with E-state index in [9.17, 15) is 9.59 Å². The number of nitrogens with zero attached hydrogens (tertiary/aromatic N) is 2. The fourth-order valence-electron chi connectivity index (χ4n) is 2.22. The van der Waals surface area contributed by atoms with Crippen molar-refractivity contribution in [3.63, 3.8) is 0 Å². The van der Waals surface area contributed by atoms with Gasteiger partial charge in [-0.1, -0.05) is 18.2 Å². The van der Waals surface area contributed by atoms with Crippen molar-refractivity contribution in [2.75, 3.05) is 5.43 Å². The third-order valence-electron chi connectivity index (χ3n) is 3.32. The van der Waals surface area contributed by atoms with Crippen molar-refractivity contribution in [1.82, 2.24) is 9.66 Å². The van der Waals surface area contributed by atoms with Crippen LogP contribution in [-0.2, 0) is 11.2 Å². The van der Waals surface area contributed by atoms with E-state index in [0.29, 0.717) is 17.3 Å². The van der Waals surface area contributed by atoms with E-state index in [2.05, 4.69) is 16.5 Å². The number of nitrogens with one attached hydrogen (secondary N) is 1. The molecule has 1 amide bonds. The van der Waals surface area contributed by atoms with Gasteiger partial charge in [-0.2, -0.15) is 0 Å². The predicted octanol–water partition coefficient (Wildman–Crippen LogP) is 2.55. The fourth-order valence-corrected chi connectivity index (χ4v) is 2.97. The Morgan fingerprint density at radius 2 is 2.09 bits per heavy atom. The largest absolute Gasteiger partial charge is 0.280 e. The molecule has 6 heteroatoms. The van der Waals surface area contributed by atoms with Gasteiger partial charge in [0.1, 0.15) is 6.33 Å². The Balaban J connectivity index is 1.64. The zero-order chi connectivity index (χ0) is 15.4. The lowest BCUT2D eigenvalue weighted by Crippen LogP contribution is -2.33. The predicted molar refractivity (Wildman–Crippen MR) is 87.6 cm³/mol. The molecule has 2 aromatic heterocycles. The summed E-state index contributed by atoms with van der Waals surface area (Å²) in [6.07, 6.45) is 3.34. The Morgan fingerprint density at radius 3 is 2.91 bits per heavy atom. The number of aryl methyl sites for hydroxylation is 1. The lowest BCUT2D eigenvalue weighted by molar-refractivity contribution is -0.117. The van der Waals surface area contributed by atoms with Gasteiger partial charge in [-0.15, -0.1) is 11.3 Å². The molecule has 2 heterocycles. The van der Waals surface area contributed by atoms with Crippen molar-refractivity contribution in [3.8, 4) is 0 Å². The standard InChI is InChI=1S/C16H15N3O2S/c20-15(9-3-5-12-6-4-10-22-12)18-19-11-17-14-8-2-1-7-13(14)16(19)21/h1-2,4,6-8,10-11H,3,5,9H2,(H,18,20). The molecule has 0 fully saturated rings. The highest BCUT2D eigenvalue weighted by atomic mass is 32.1. The number of carbonyl (C=O) groups is 1. The van der Waals surface area contributed by atoms with Crippen LogP contribution in [0.15, 0.2) is 52.9 Å². The lowest BCUT2D eigenvalue weighted by Gasteiger charge is -2.08. The highest BCUT2D eigenvalue weighted by Crippen LogP contribution is 2.11. The summed E-state index contributed by atoms with van der Waals surface area (Å²) in [5, 5.41) is 2.51. The second-order valence-electron chi connectivity index (χ2n) is 4.90. The second kappa shape index (κ2) is 6.53. The maximum absolute atomic E-state index is 12.2. The lowest BCUT2D eigenvalue weighted by atomic mass is 10.2. The zero-order valence-electron chi connectivity index (χ0n) is 11.9. The first kappa shape index (κ1) is 14.5. The first-order chi connectivity index (χ1) is 10.7. The third-order valence-corrected chi connectivity index (χ3v) is 4.25. The number of thiophene rings is 1. The second-order valence-corrected chi connectivity index (χ2v) is 5.94. The smallest absolute Gasteiger partial charge is 0.273 e. The Bertz CT molecular complexity index is 840. The van der Waals surface area contributed by atoms with Crippen molar-refractivity contribution >= 4 is 28.1 Å². The summed E-state index contributed by atoms with van der Waals surface area (Å²) >= 11 is 1.69. The van der Waals surface area contributed by atoms with Crippen LogP contribution < -0.4 is 11.0 Å². The van der Waals surface area contributed by atoms with Crippen LogP contribution in [0.4, 0.5) is 0 Å². The maximum atomic E-state index is 12.2. The van der Waals surface area contributed by atoms with E-state index >= 15 is 0 Å². The summed E-state index contributed by atoms with van der Waals surface area (Å²) in [6, 6.07) is 11.1. The highest BCUT2D eigenvalue weighted by Gasteiger charge is 2.07. The number of para-hydroxylation sites is 1. The fraction of sp³-hybridized carbons (Fsp3) is 0.188. The summed E-state index contributed by atoms with van der Waals surface area (Å²) in [5.41, 5.74) is 2.94. The van der Waals surface area contributed by atoms with Crippen molar-refractivity contribution < 1.29 is 4.79 Å². The quantitative estimate of drug-likeness (QED) is 0.787. The first-order valence-electron chi connectivity index (χ1n) is 7.03. The number of hydrogen-bond acceptors (Lipinski definition) is 4. The molecule has 1 N–H and O–H groups in total. The van der Waals surface area contributed by atoms with Crippen LogP contribution in [-0.4, -0.2) is 15.6 Å². The van der Waals surface area contributed by atoms with Crippen LogP contribution in [0, 0.1) is 0 Å². The molecular weight excluding hydrogens is 298 g/mol. The average Bonchev–Trinajstić information content (AvgIpc) is 3.04.